The second-order valence-corrected chi connectivity index (χ2v) is 4.33. The monoisotopic (exact) mass is 178 g/mol. The Hall–Kier alpha value is -0.350. The molecule has 66 valence electrons. The third-order valence-electron chi connectivity index (χ3n) is 1.11. The predicted octanol–water partition coefficient (Wildman–Crippen LogP) is 0.624. The summed E-state index contributed by atoms with van der Waals surface area (Å²) in [6.45, 7) is 6.03. The molecule has 0 amide bonds. The molecule has 11 heavy (non-hydrogen) atoms. The molecule has 0 aromatic rings. The van der Waals surface area contributed by atoms with Crippen molar-refractivity contribution in [3.05, 3.63) is 12.7 Å². The molecule has 0 fully saturated rings. The second kappa shape index (κ2) is 5.32. The predicted molar refractivity (Wildman–Crippen MR) is 45.3 cm³/mol. The van der Waals surface area contributed by atoms with Gasteiger partial charge in [-0.15, -0.1) is 6.58 Å². The standard InChI is InChI=1S/C7H14O3S/c1-3-6-11(8,9)7-5-10-4-2/h3H,1,4-7H2,2H3. The van der Waals surface area contributed by atoms with E-state index in [-0.39, 0.29) is 18.1 Å². The molecule has 0 saturated heterocycles. The van der Waals surface area contributed by atoms with Crippen LogP contribution in [0.2, 0.25) is 0 Å². The first-order valence-electron chi connectivity index (χ1n) is 3.51. The van der Waals surface area contributed by atoms with Crippen LogP contribution in [0.15, 0.2) is 12.7 Å². The number of hydrogen-bond acceptors (Lipinski definition) is 3. The van der Waals surface area contributed by atoms with Crippen LogP contribution in [-0.4, -0.2) is 33.1 Å². The van der Waals surface area contributed by atoms with Crippen molar-refractivity contribution < 1.29 is 13.2 Å². The summed E-state index contributed by atoms with van der Waals surface area (Å²) < 4.78 is 26.8. The van der Waals surface area contributed by atoms with Crippen LogP contribution >= 0.6 is 0 Å². The van der Waals surface area contributed by atoms with Crippen molar-refractivity contribution in [2.45, 2.75) is 6.92 Å². The number of ether oxygens (including phenoxy) is 1. The first-order chi connectivity index (χ1) is 5.12. The number of sulfone groups is 1. The summed E-state index contributed by atoms with van der Waals surface area (Å²) in [6, 6.07) is 0. The molecule has 0 aliphatic rings. The van der Waals surface area contributed by atoms with E-state index < -0.39 is 9.84 Å². The van der Waals surface area contributed by atoms with E-state index in [1.807, 2.05) is 6.92 Å². The fourth-order valence-electron chi connectivity index (χ4n) is 0.593. The van der Waals surface area contributed by atoms with Gasteiger partial charge >= 0.3 is 0 Å². The molecule has 0 bridgehead atoms. The lowest BCUT2D eigenvalue weighted by Gasteiger charge is -2.00. The van der Waals surface area contributed by atoms with Crippen molar-refractivity contribution in [1.82, 2.24) is 0 Å². The average molecular weight is 178 g/mol. The van der Waals surface area contributed by atoms with Gasteiger partial charge in [0.05, 0.1) is 18.1 Å². The van der Waals surface area contributed by atoms with Crippen LogP contribution in [-0.2, 0) is 14.6 Å². The Balaban J connectivity index is 3.65. The molecular weight excluding hydrogens is 164 g/mol. The Kier molecular flexibility index (Phi) is 5.15. The van der Waals surface area contributed by atoms with E-state index in [4.69, 9.17) is 4.74 Å². The van der Waals surface area contributed by atoms with Gasteiger partial charge in [-0.2, -0.15) is 0 Å². The van der Waals surface area contributed by atoms with Gasteiger partial charge in [0.1, 0.15) is 0 Å². The highest BCUT2D eigenvalue weighted by atomic mass is 32.2. The van der Waals surface area contributed by atoms with Crippen molar-refractivity contribution in [2.24, 2.45) is 0 Å². The molecule has 4 heteroatoms. The SMILES string of the molecule is C=CCS(=O)(=O)CCOCC. The zero-order chi connectivity index (χ0) is 8.74. The zero-order valence-electron chi connectivity index (χ0n) is 6.75. The molecule has 0 saturated carbocycles. The lowest BCUT2D eigenvalue weighted by Crippen LogP contribution is -2.14. The van der Waals surface area contributed by atoms with Gasteiger partial charge < -0.3 is 4.74 Å². The summed E-state index contributed by atoms with van der Waals surface area (Å²) in [6.07, 6.45) is 1.39. The van der Waals surface area contributed by atoms with Crippen LogP contribution in [0.25, 0.3) is 0 Å². The van der Waals surface area contributed by atoms with Gasteiger partial charge in [-0.1, -0.05) is 6.08 Å². The molecule has 0 N–H and O–H groups in total. The smallest absolute Gasteiger partial charge is 0.156 e. The Morgan fingerprint density at radius 2 is 2.18 bits per heavy atom. The summed E-state index contributed by atoms with van der Waals surface area (Å²) in [4.78, 5) is 0. The molecule has 0 heterocycles. The maximum absolute atomic E-state index is 11.0. The molecule has 3 nitrogen and oxygen atoms in total. The Morgan fingerprint density at radius 3 is 2.64 bits per heavy atom. The highest BCUT2D eigenvalue weighted by molar-refractivity contribution is 7.91. The third-order valence-corrected chi connectivity index (χ3v) is 2.65. The van der Waals surface area contributed by atoms with Crippen LogP contribution in [0.5, 0.6) is 0 Å². The van der Waals surface area contributed by atoms with Crippen molar-refractivity contribution in [3.8, 4) is 0 Å². The van der Waals surface area contributed by atoms with E-state index in [0.717, 1.165) is 0 Å². The molecule has 0 radical (unpaired) electrons. The van der Waals surface area contributed by atoms with Crippen molar-refractivity contribution in [1.29, 1.82) is 0 Å². The van der Waals surface area contributed by atoms with Gasteiger partial charge in [0.15, 0.2) is 9.84 Å². The normalized spacial score (nSPS) is 11.4. The molecule has 0 rings (SSSR count). The lowest BCUT2D eigenvalue weighted by molar-refractivity contribution is 0.163. The summed E-state index contributed by atoms with van der Waals surface area (Å²) >= 11 is 0. The maximum atomic E-state index is 11.0. The van der Waals surface area contributed by atoms with Crippen LogP contribution in [0.4, 0.5) is 0 Å². The summed E-state index contributed by atoms with van der Waals surface area (Å²) in [5.74, 6) is 0.132. The highest BCUT2D eigenvalue weighted by Gasteiger charge is 2.06. The van der Waals surface area contributed by atoms with E-state index in [1.165, 1.54) is 6.08 Å². The van der Waals surface area contributed by atoms with Gasteiger partial charge in [-0.05, 0) is 6.92 Å². The molecular formula is C7H14O3S. The van der Waals surface area contributed by atoms with Gasteiger partial charge in [0.25, 0.3) is 0 Å². The fourth-order valence-corrected chi connectivity index (χ4v) is 1.49. The Bertz CT molecular complexity index is 194. The summed E-state index contributed by atoms with van der Waals surface area (Å²) in [7, 11) is -2.95. The van der Waals surface area contributed by atoms with Crippen LogP contribution in [0, 0.1) is 0 Å². The van der Waals surface area contributed by atoms with Crippen LogP contribution in [0.3, 0.4) is 0 Å². The molecule has 0 aromatic carbocycles. The summed E-state index contributed by atoms with van der Waals surface area (Å²) in [5.41, 5.74) is 0. The van der Waals surface area contributed by atoms with E-state index in [2.05, 4.69) is 6.58 Å². The topological polar surface area (TPSA) is 43.4 Å². The maximum Gasteiger partial charge on any atom is 0.156 e. The average Bonchev–Trinajstić information content (AvgIpc) is 1.87. The van der Waals surface area contributed by atoms with Crippen molar-refractivity contribution >= 4 is 9.84 Å². The number of hydrogen-bond donors (Lipinski definition) is 0. The lowest BCUT2D eigenvalue weighted by atomic mass is 10.8. The van der Waals surface area contributed by atoms with Gasteiger partial charge in [-0.25, -0.2) is 8.42 Å². The number of rotatable bonds is 6. The Labute approximate surface area is 68.0 Å². The molecule has 0 aliphatic heterocycles. The zero-order valence-corrected chi connectivity index (χ0v) is 7.56. The summed E-state index contributed by atoms with van der Waals surface area (Å²) in [5, 5.41) is 0. The van der Waals surface area contributed by atoms with Crippen molar-refractivity contribution in [2.75, 3.05) is 24.7 Å². The minimum atomic E-state index is -2.95. The minimum Gasteiger partial charge on any atom is -0.381 e. The molecule has 0 spiro atoms. The van der Waals surface area contributed by atoms with E-state index in [1.54, 1.807) is 0 Å². The highest BCUT2D eigenvalue weighted by Crippen LogP contribution is 1.90. The molecule has 0 unspecified atom stereocenters. The van der Waals surface area contributed by atoms with E-state index in [0.29, 0.717) is 6.61 Å². The largest absolute Gasteiger partial charge is 0.381 e. The Morgan fingerprint density at radius 1 is 1.55 bits per heavy atom. The minimum absolute atomic E-state index is 0.0417. The molecule has 0 atom stereocenters. The first kappa shape index (κ1) is 10.7. The van der Waals surface area contributed by atoms with Crippen LogP contribution in [0.1, 0.15) is 6.92 Å². The fraction of sp³-hybridized carbons (Fsp3) is 0.714. The second-order valence-electron chi connectivity index (χ2n) is 2.10. The van der Waals surface area contributed by atoms with Gasteiger partial charge in [0.2, 0.25) is 0 Å². The quantitative estimate of drug-likeness (QED) is 0.442. The molecule has 0 aromatic heterocycles. The van der Waals surface area contributed by atoms with Crippen LogP contribution < -0.4 is 0 Å². The van der Waals surface area contributed by atoms with Crippen molar-refractivity contribution in [3.63, 3.8) is 0 Å². The van der Waals surface area contributed by atoms with Gasteiger partial charge in [0, 0.05) is 6.61 Å². The van der Waals surface area contributed by atoms with E-state index in [9.17, 15) is 8.42 Å². The van der Waals surface area contributed by atoms with Gasteiger partial charge in [-0.3, -0.25) is 0 Å². The third kappa shape index (κ3) is 6.06. The molecule has 0 aliphatic carbocycles. The van der Waals surface area contributed by atoms with E-state index >= 15 is 0 Å². The first-order valence-corrected chi connectivity index (χ1v) is 5.33.